The molecule has 2 aliphatic heterocycles. The van der Waals surface area contributed by atoms with E-state index in [0.29, 0.717) is 31.7 Å². The van der Waals surface area contributed by atoms with Crippen molar-refractivity contribution in [3.63, 3.8) is 0 Å². The second kappa shape index (κ2) is 10.4. The van der Waals surface area contributed by atoms with Gasteiger partial charge >= 0.3 is 0 Å². The van der Waals surface area contributed by atoms with E-state index in [4.69, 9.17) is 0 Å². The van der Waals surface area contributed by atoms with Gasteiger partial charge in [0, 0.05) is 43.2 Å². The molecular weight excluding hydrogens is 490 g/mol. The summed E-state index contributed by atoms with van der Waals surface area (Å²) in [7, 11) is 0. The molecule has 3 aromatic carbocycles. The number of aryl methyl sites for hydroxylation is 1. The van der Waals surface area contributed by atoms with Gasteiger partial charge in [-0.15, -0.1) is 11.3 Å². The molecule has 0 spiro atoms. The first-order valence-electron chi connectivity index (χ1n) is 13.5. The maximum atomic E-state index is 13.8. The Bertz CT molecular complexity index is 1490. The summed E-state index contributed by atoms with van der Waals surface area (Å²) in [6.07, 6.45) is 0.973. The molecule has 2 amide bonds. The van der Waals surface area contributed by atoms with Crippen molar-refractivity contribution in [3.8, 4) is 0 Å². The number of piperazine rings is 1. The lowest BCUT2D eigenvalue weighted by Crippen LogP contribution is -2.56. The maximum Gasteiger partial charge on any atom is 0.253 e. The Morgan fingerprint density at radius 3 is 2.32 bits per heavy atom. The number of hydrogen-bond donors (Lipinski definition) is 0. The number of carbonyl (C=O) groups is 2. The monoisotopic (exact) mass is 523 g/mol. The fourth-order valence-corrected chi connectivity index (χ4v) is 6.94. The molecule has 4 aromatic rings. The van der Waals surface area contributed by atoms with Gasteiger partial charge < -0.3 is 9.80 Å². The lowest BCUT2D eigenvalue weighted by atomic mass is 9.89. The summed E-state index contributed by atoms with van der Waals surface area (Å²) in [5.74, 6) is 0.191. The van der Waals surface area contributed by atoms with E-state index in [1.54, 1.807) is 0 Å². The van der Waals surface area contributed by atoms with Gasteiger partial charge in [-0.25, -0.2) is 0 Å². The number of carbonyl (C=O) groups excluding carboxylic acids is 2. The minimum atomic E-state index is -0.240. The molecular formula is C32H33N3O2S. The van der Waals surface area contributed by atoms with Crippen molar-refractivity contribution < 1.29 is 9.59 Å². The second-order valence-electron chi connectivity index (χ2n) is 10.4. The van der Waals surface area contributed by atoms with Gasteiger partial charge in [0.1, 0.15) is 0 Å². The highest BCUT2D eigenvalue weighted by Gasteiger charge is 2.38. The van der Waals surface area contributed by atoms with E-state index in [2.05, 4.69) is 60.5 Å². The molecule has 6 rings (SSSR count). The Hall–Kier alpha value is -3.48. The zero-order valence-corrected chi connectivity index (χ0v) is 22.8. The summed E-state index contributed by atoms with van der Waals surface area (Å²) in [4.78, 5) is 34.7. The quantitative estimate of drug-likeness (QED) is 0.353. The minimum Gasteiger partial charge on any atom is -0.338 e. The number of fused-ring (bicyclic) bond motifs is 2. The molecule has 2 atom stereocenters. The fraction of sp³-hybridized carbons (Fsp3) is 0.312. The van der Waals surface area contributed by atoms with E-state index in [1.165, 1.54) is 21.6 Å². The summed E-state index contributed by atoms with van der Waals surface area (Å²) >= 11 is 1.82. The van der Waals surface area contributed by atoms with E-state index < -0.39 is 0 Å². The highest BCUT2D eigenvalue weighted by atomic mass is 32.1. The lowest BCUT2D eigenvalue weighted by molar-refractivity contribution is -0.138. The number of rotatable bonds is 4. The Kier molecular flexibility index (Phi) is 6.76. The highest BCUT2D eigenvalue weighted by molar-refractivity contribution is 7.10. The van der Waals surface area contributed by atoms with Crippen molar-refractivity contribution in [1.29, 1.82) is 0 Å². The van der Waals surface area contributed by atoms with Crippen LogP contribution in [-0.2, 0) is 11.2 Å². The average Bonchev–Trinajstić information content (AvgIpc) is 3.45. The van der Waals surface area contributed by atoms with Crippen LogP contribution in [0.5, 0.6) is 0 Å². The van der Waals surface area contributed by atoms with E-state index in [1.807, 2.05) is 57.5 Å². The molecule has 0 N–H and O–H groups in total. The Morgan fingerprint density at radius 2 is 1.53 bits per heavy atom. The van der Waals surface area contributed by atoms with Crippen LogP contribution in [0.3, 0.4) is 0 Å². The molecule has 1 aromatic heterocycles. The van der Waals surface area contributed by atoms with Crippen LogP contribution in [0.1, 0.15) is 44.9 Å². The molecule has 1 fully saturated rings. The van der Waals surface area contributed by atoms with E-state index in [-0.39, 0.29) is 23.9 Å². The summed E-state index contributed by atoms with van der Waals surface area (Å²) in [6, 6.07) is 24.6. The maximum absolute atomic E-state index is 13.8. The molecule has 0 bridgehead atoms. The van der Waals surface area contributed by atoms with Crippen LogP contribution < -0.4 is 0 Å². The first kappa shape index (κ1) is 24.8. The average molecular weight is 524 g/mol. The number of hydrogen-bond acceptors (Lipinski definition) is 4. The van der Waals surface area contributed by atoms with Crippen molar-refractivity contribution >= 4 is 33.9 Å². The van der Waals surface area contributed by atoms with Crippen molar-refractivity contribution in [2.45, 2.75) is 32.4 Å². The van der Waals surface area contributed by atoms with Crippen molar-refractivity contribution in [2.24, 2.45) is 0 Å². The summed E-state index contributed by atoms with van der Waals surface area (Å²) in [5, 5.41) is 4.38. The normalized spacial score (nSPS) is 18.8. The largest absolute Gasteiger partial charge is 0.338 e. The third kappa shape index (κ3) is 4.52. The van der Waals surface area contributed by atoms with Gasteiger partial charge in [0.05, 0.1) is 12.1 Å². The fourth-order valence-electron chi connectivity index (χ4n) is 6.03. The summed E-state index contributed by atoms with van der Waals surface area (Å²) in [6.45, 7) is 7.31. The number of amides is 2. The summed E-state index contributed by atoms with van der Waals surface area (Å²) in [5.41, 5.74) is 4.57. The second-order valence-corrected chi connectivity index (χ2v) is 11.4. The van der Waals surface area contributed by atoms with Gasteiger partial charge in [0.2, 0.25) is 5.91 Å². The molecule has 6 heteroatoms. The van der Waals surface area contributed by atoms with Gasteiger partial charge in [0.15, 0.2) is 0 Å². The molecule has 5 nitrogen and oxygen atoms in total. The van der Waals surface area contributed by atoms with Crippen LogP contribution >= 0.6 is 11.3 Å². The number of thiophene rings is 1. The predicted molar refractivity (Wildman–Crippen MR) is 154 cm³/mol. The molecule has 0 saturated carbocycles. The van der Waals surface area contributed by atoms with Crippen LogP contribution in [0, 0.1) is 6.92 Å². The first-order chi connectivity index (χ1) is 18.5. The predicted octanol–water partition coefficient (Wildman–Crippen LogP) is 5.53. The van der Waals surface area contributed by atoms with E-state index >= 15 is 0 Å². The van der Waals surface area contributed by atoms with Crippen LogP contribution in [-0.4, -0.2) is 65.3 Å². The third-order valence-electron chi connectivity index (χ3n) is 8.22. The molecule has 2 aliphatic rings. The van der Waals surface area contributed by atoms with Crippen LogP contribution in [0.2, 0.25) is 0 Å². The highest BCUT2D eigenvalue weighted by Crippen LogP contribution is 2.40. The molecule has 0 aliphatic carbocycles. The molecule has 1 saturated heterocycles. The Labute approximate surface area is 228 Å². The van der Waals surface area contributed by atoms with Gasteiger partial charge in [-0.1, -0.05) is 54.6 Å². The van der Waals surface area contributed by atoms with E-state index in [9.17, 15) is 9.59 Å². The number of nitrogens with zero attached hydrogens (tertiary/aromatic N) is 3. The number of benzene rings is 3. The Morgan fingerprint density at radius 1 is 0.816 bits per heavy atom. The molecule has 0 radical (unpaired) electrons. The van der Waals surface area contributed by atoms with Crippen LogP contribution in [0.25, 0.3) is 10.8 Å². The van der Waals surface area contributed by atoms with Crippen LogP contribution in [0.4, 0.5) is 0 Å². The molecule has 38 heavy (non-hydrogen) atoms. The SMILES string of the molecule is Cc1ccccc1[C@@H]1c2ccsc2CCN1[C@H](C)C(=O)N1CCN(C(=O)c2ccc3ccccc3c2)CC1. The third-order valence-corrected chi connectivity index (χ3v) is 9.21. The topological polar surface area (TPSA) is 43.9 Å². The van der Waals surface area contributed by atoms with Crippen molar-refractivity contribution in [2.75, 3.05) is 32.7 Å². The Balaban J connectivity index is 1.16. The molecule has 0 unspecified atom stereocenters. The van der Waals surface area contributed by atoms with Gasteiger partial charge in [-0.3, -0.25) is 14.5 Å². The smallest absolute Gasteiger partial charge is 0.253 e. The minimum absolute atomic E-state index is 0.0385. The van der Waals surface area contributed by atoms with Crippen molar-refractivity contribution in [3.05, 3.63) is 105 Å². The van der Waals surface area contributed by atoms with Gasteiger partial charge in [-0.05, 0) is 71.3 Å². The van der Waals surface area contributed by atoms with E-state index in [0.717, 1.165) is 23.7 Å². The summed E-state index contributed by atoms with van der Waals surface area (Å²) < 4.78 is 0. The lowest BCUT2D eigenvalue weighted by Gasteiger charge is -2.43. The van der Waals surface area contributed by atoms with Gasteiger partial charge in [-0.2, -0.15) is 0 Å². The zero-order chi connectivity index (χ0) is 26.2. The van der Waals surface area contributed by atoms with Gasteiger partial charge in [0.25, 0.3) is 5.91 Å². The zero-order valence-electron chi connectivity index (χ0n) is 22.0. The van der Waals surface area contributed by atoms with Crippen molar-refractivity contribution in [1.82, 2.24) is 14.7 Å². The standard InChI is InChI=1S/C32H33N3O2S/c1-22-7-3-6-10-27(22)30-28-14-20-38-29(28)13-15-35(30)23(2)31(36)33-16-18-34(19-17-33)32(37)26-12-11-24-8-4-5-9-25(24)21-26/h3-12,14,20-21,23,30H,13,15-19H2,1-2H3/t23-,30-/m1/s1. The molecule has 3 heterocycles. The van der Waals surface area contributed by atoms with Crippen LogP contribution in [0.15, 0.2) is 78.2 Å². The first-order valence-corrected chi connectivity index (χ1v) is 14.3. The molecule has 194 valence electrons.